The lowest BCUT2D eigenvalue weighted by Crippen LogP contribution is -2.23. The molecule has 0 aliphatic rings. The Labute approximate surface area is 240 Å². The van der Waals surface area contributed by atoms with Gasteiger partial charge in [0.05, 0.1) is 23.0 Å². The quantitative estimate of drug-likeness (QED) is 0.295. The third-order valence-electron chi connectivity index (χ3n) is 6.46. The molecule has 3 rings (SSSR count). The largest absolute Gasteiger partial charge is 0.345 e. The van der Waals surface area contributed by atoms with Crippen LogP contribution in [0.25, 0.3) is 6.20 Å². The minimum Gasteiger partial charge on any atom is -0.345 e. The van der Waals surface area contributed by atoms with Gasteiger partial charge in [0.2, 0.25) is 0 Å². The summed E-state index contributed by atoms with van der Waals surface area (Å²) in [4.78, 5) is 31.5. The van der Waals surface area contributed by atoms with Crippen molar-refractivity contribution in [1.29, 1.82) is 0 Å². The summed E-state index contributed by atoms with van der Waals surface area (Å²) in [6.07, 6.45) is 10.8. The van der Waals surface area contributed by atoms with E-state index in [9.17, 15) is 9.59 Å². The summed E-state index contributed by atoms with van der Waals surface area (Å²) in [5, 5.41) is 4.59. The van der Waals surface area contributed by atoms with Crippen LogP contribution in [-0.2, 0) is 12.0 Å². The summed E-state index contributed by atoms with van der Waals surface area (Å²) in [6.45, 7) is 11.9. The van der Waals surface area contributed by atoms with Gasteiger partial charge in [-0.1, -0.05) is 30.7 Å². The molecule has 1 amide bonds. The van der Waals surface area contributed by atoms with Crippen LogP contribution in [0.5, 0.6) is 0 Å². The van der Waals surface area contributed by atoms with E-state index in [1.165, 1.54) is 34.0 Å². The minimum atomic E-state index is -0.685. The number of halogens is 2. The predicted molar refractivity (Wildman–Crippen MR) is 161 cm³/mol. The Morgan fingerprint density at radius 2 is 1.93 bits per heavy atom. The first-order chi connectivity index (χ1) is 18.8. The van der Waals surface area contributed by atoms with Gasteiger partial charge in [0.1, 0.15) is 10.8 Å². The maximum Gasteiger partial charge on any atom is 0.273 e. The standard InChI is InChI=1S/C31H37ClFN5O2/c1-9-14-34-26(23-11-10-12-24(28(23)33)29(39)36(7)8)13-15-37-21(3)17-25(27(32)30(37)40)20(2)16-22-18-35-38(19-22)31(4,5)6/h9-15,17-20H,16H2,1-8H3/b14-9+,15-13+,34-26-. The molecule has 0 saturated carbocycles. The molecule has 0 fully saturated rings. The fourth-order valence-electron chi connectivity index (χ4n) is 4.23. The highest BCUT2D eigenvalue weighted by Gasteiger charge is 2.20. The minimum absolute atomic E-state index is 0.0203. The van der Waals surface area contributed by atoms with Crippen molar-refractivity contribution in [2.24, 2.45) is 4.99 Å². The highest BCUT2D eigenvalue weighted by atomic mass is 35.5. The van der Waals surface area contributed by atoms with Crippen molar-refractivity contribution in [3.05, 3.63) is 104 Å². The number of aryl methyl sites for hydroxylation is 1. The molecule has 1 unspecified atom stereocenters. The van der Waals surface area contributed by atoms with Gasteiger partial charge in [-0.15, -0.1) is 0 Å². The van der Waals surface area contributed by atoms with Gasteiger partial charge in [-0.05, 0) is 82.4 Å². The number of rotatable bonds is 8. The number of nitrogens with zero attached hydrogens (tertiary/aromatic N) is 5. The summed E-state index contributed by atoms with van der Waals surface area (Å²) in [5.41, 5.74) is 2.30. The maximum atomic E-state index is 15.4. The van der Waals surface area contributed by atoms with Crippen molar-refractivity contribution in [3.8, 4) is 0 Å². The lowest BCUT2D eigenvalue weighted by atomic mass is 9.95. The van der Waals surface area contributed by atoms with Gasteiger partial charge >= 0.3 is 0 Å². The topological polar surface area (TPSA) is 72.5 Å². The van der Waals surface area contributed by atoms with Gasteiger partial charge in [-0.3, -0.25) is 23.8 Å². The van der Waals surface area contributed by atoms with Crippen molar-refractivity contribution in [1.82, 2.24) is 19.2 Å². The van der Waals surface area contributed by atoms with Crippen LogP contribution >= 0.6 is 11.6 Å². The summed E-state index contributed by atoms with van der Waals surface area (Å²) >= 11 is 6.60. The molecule has 40 heavy (non-hydrogen) atoms. The molecular formula is C31H37ClFN5O2. The zero-order valence-corrected chi connectivity index (χ0v) is 25.1. The lowest BCUT2D eigenvalue weighted by Gasteiger charge is -2.19. The number of benzene rings is 1. The predicted octanol–water partition coefficient (Wildman–Crippen LogP) is 6.44. The number of pyridine rings is 1. The fourth-order valence-corrected chi connectivity index (χ4v) is 4.56. The van der Waals surface area contributed by atoms with Gasteiger partial charge in [0.15, 0.2) is 0 Å². The lowest BCUT2D eigenvalue weighted by molar-refractivity contribution is 0.0823. The second kappa shape index (κ2) is 12.6. The van der Waals surface area contributed by atoms with E-state index in [2.05, 4.69) is 30.9 Å². The summed E-state index contributed by atoms with van der Waals surface area (Å²) in [5.74, 6) is -1.16. The molecule has 0 aliphatic carbocycles. The Bertz CT molecular complexity index is 1540. The second-order valence-corrected chi connectivity index (χ2v) is 11.4. The number of carbonyl (C=O) groups excluding carboxylic acids is 1. The van der Waals surface area contributed by atoms with Gasteiger partial charge in [0, 0.05) is 43.9 Å². The first-order valence-corrected chi connectivity index (χ1v) is 13.5. The molecule has 1 atom stereocenters. The van der Waals surface area contributed by atoms with E-state index in [0.717, 1.165) is 11.1 Å². The molecule has 3 aromatic rings. The molecule has 212 valence electrons. The van der Waals surface area contributed by atoms with Crippen LogP contribution < -0.4 is 5.56 Å². The summed E-state index contributed by atoms with van der Waals surface area (Å²) in [6, 6.07) is 6.47. The number of amides is 1. The van der Waals surface area contributed by atoms with Crippen molar-refractivity contribution < 1.29 is 9.18 Å². The molecule has 9 heteroatoms. The van der Waals surface area contributed by atoms with E-state index in [0.29, 0.717) is 12.1 Å². The molecule has 0 aliphatic heterocycles. The van der Waals surface area contributed by atoms with Gasteiger partial charge < -0.3 is 4.90 Å². The normalized spacial score (nSPS) is 13.4. The number of hydrogen-bond donors (Lipinski definition) is 0. The van der Waals surface area contributed by atoms with Crippen LogP contribution in [-0.4, -0.2) is 45.0 Å². The first-order valence-electron chi connectivity index (χ1n) is 13.1. The van der Waals surface area contributed by atoms with E-state index >= 15 is 4.39 Å². The molecule has 0 N–H and O–H groups in total. The van der Waals surface area contributed by atoms with E-state index in [1.54, 1.807) is 39.2 Å². The number of carbonyl (C=O) groups is 1. The van der Waals surface area contributed by atoms with E-state index in [1.807, 2.05) is 37.0 Å². The number of aromatic nitrogens is 3. The second-order valence-electron chi connectivity index (χ2n) is 11.0. The molecule has 2 heterocycles. The number of hydrogen-bond acceptors (Lipinski definition) is 4. The van der Waals surface area contributed by atoms with Gasteiger partial charge in [-0.2, -0.15) is 5.10 Å². The van der Waals surface area contributed by atoms with Crippen LogP contribution in [0, 0.1) is 12.7 Å². The SMILES string of the molecule is C/C=C/N=C(/C=C/n1c(C)cc(C(C)Cc2cnn(C(C)(C)C)c2)c(Cl)c1=O)c1cccc(C(=O)N(C)C)c1F. The Morgan fingerprint density at radius 1 is 1.25 bits per heavy atom. The average molecular weight is 566 g/mol. The summed E-state index contributed by atoms with van der Waals surface area (Å²) < 4.78 is 18.7. The molecular weight excluding hydrogens is 529 g/mol. The Balaban J connectivity index is 1.97. The molecule has 0 bridgehead atoms. The average Bonchev–Trinajstić information content (AvgIpc) is 3.37. The van der Waals surface area contributed by atoms with Crippen LogP contribution in [0.3, 0.4) is 0 Å². The molecule has 2 aromatic heterocycles. The van der Waals surface area contributed by atoms with Crippen LogP contribution in [0.1, 0.15) is 73.3 Å². The molecule has 0 spiro atoms. The Kier molecular flexibility index (Phi) is 9.69. The zero-order valence-electron chi connectivity index (χ0n) is 24.4. The maximum absolute atomic E-state index is 15.4. The van der Waals surface area contributed by atoms with E-state index in [4.69, 9.17) is 11.6 Å². The Hall–Kier alpha value is -3.78. The molecule has 0 radical (unpaired) electrons. The monoisotopic (exact) mass is 565 g/mol. The highest BCUT2D eigenvalue weighted by Crippen LogP contribution is 2.27. The first kappa shape index (κ1) is 30.8. The smallest absolute Gasteiger partial charge is 0.273 e. The zero-order chi connectivity index (χ0) is 29.8. The number of aliphatic imine (C=N–C) groups is 1. The van der Waals surface area contributed by atoms with Gasteiger partial charge in [0.25, 0.3) is 11.5 Å². The number of allylic oxidation sites excluding steroid dienone is 2. The fraction of sp³-hybridized carbons (Fsp3) is 0.355. The third kappa shape index (κ3) is 6.86. The van der Waals surface area contributed by atoms with Gasteiger partial charge in [-0.25, -0.2) is 4.39 Å². The molecule has 7 nitrogen and oxygen atoms in total. The van der Waals surface area contributed by atoms with E-state index < -0.39 is 11.7 Å². The van der Waals surface area contributed by atoms with E-state index in [-0.39, 0.29) is 38.9 Å². The third-order valence-corrected chi connectivity index (χ3v) is 6.84. The molecule has 0 saturated heterocycles. The van der Waals surface area contributed by atoms with Crippen molar-refractivity contribution in [2.75, 3.05) is 14.1 Å². The van der Waals surface area contributed by atoms with Crippen LogP contribution in [0.15, 0.2) is 64.8 Å². The van der Waals surface area contributed by atoms with Crippen LogP contribution in [0.2, 0.25) is 5.02 Å². The summed E-state index contributed by atoms with van der Waals surface area (Å²) in [7, 11) is 3.12. The van der Waals surface area contributed by atoms with Crippen molar-refractivity contribution in [2.45, 2.75) is 59.4 Å². The Morgan fingerprint density at radius 3 is 2.52 bits per heavy atom. The van der Waals surface area contributed by atoms with Crippen molar-refractivity contribution in [3.63, 3.8) is 0 Å². The van der Waals surface area contributed by atoms with Crippen LogP contribution in [0.4, 0.5) is 4.39 Å². The highest BCUT2D eigenvalue weighted by molar-refractivity contribution is 6.31. The molecule has 1 aromatic carbocycles. The van der Waals surface area contributed by atoms with Crippen molar-refractivity contribution >= 4 is 29.4 Å².